The minimum atomic E-state index is -0.848. The Morgan fingerprint density at radius 1 is 1.36 bits per heavy atom. The fourth-order valence-electron chi connectivity index (χ4n) is 5.52. The zero-order valence-electron chi connectivity index (χ0n) is 16.0. The van der Waals surface area contributed by atoms with E-state index in [4.69, 9.17) is 5.73 Å². The lowest BCUT2D eigenvalue weighted by Gasteiger charge is -2.50. The van der Waals surface area contributed by atoms with Crippen LogP contribution in [-0.4, -0.2) is 22.6 Å². The average Bonchev–Trinajstić information content (AvgIpc) is 2.52. The molecule has 2 aliphatic rings. The van der Waals surface area contributed by atoms with Crippen molar-refractivity contribution in [2.45, 2.75) is 65.5 Å². The van der Waals surface area contributed by atoms with Gasteiger partial charge in [-0.25, -0.2) is 4.79 Å². The number of hydrogen-bond acceptors (Lipinski definition) is 2. The van der Waals surface area contributed by atoms with Crippen LogP contribution in [0.4, 0.5) is 4.79 Å². The highest BCUT2D eigenvalue weighted by atomic mass is 16.3. The molecule has 1 saturated carbocycles. The summed E-state index contributed by atoms with van der Waals surface area (Å²) in [6, 6.07) is 5.90. The number of nitrogens with two attached hydrogens (primary N) is 1. The summed E-state index contributed by atoms with van der Waals surface area (Å²) < 4.78 is 0. The molecule has 3 atom stereocenters. The van der Waals surface area contributed by atoms with E-state index in [0.29, 0.717) is 19.0 Å². The fourth-order valence-corrected chi connectivity index (χ4v) is 5.52. The number of primary amides is 1. The van der Waals surface area contributed by atoms with Crippen LogP contribution in [0, 0.1) is 17.3 Å². The van der Waals surface area contributed by atoms with Gasteiger partial charge < -0.3 is 15.7 Å². The molecule has 1 aliphatic carbocycles. The molecule has 1 fully saturated rings. The Hall–Kier alpha value is -1.55. The van der Waals surface area contributed by atoms with Gasteiger partial charge in [0.2, 0.25) is 0 Å². The molecule has 4 nitrogen and oxygen atoms in total. The molecule has 1 aromatic carbocycles. The van der Waals surface area contributed by atoms with Gasteiger partial charge in [0.15, 0.2) is 0 Å². The van der Waals surface area contributed by atoms with Crippen LogP contribution in [0.2, 0.25) is 0 Å². The van der Waals surface area contributed by atoms with E-state index in [1.165, 1.54) is 18.4 Å². The smallest absolute Gasteiger partial charge is 0.315 e. The van der Waals surface area contributed by atoms with Crippen molar-refractivity contribution in [3.63, 3.8) is 0 Å². The van der Waals surface area contributed by atoms with Gasteiger partial charge in [-0.2, -0.15) is 0 Å². The Morgan fingerprint density at radius 3 is 2.72 bits per heavy atom. The first-order valence-corrected chi connectivity index (χ1v) is 9.52. The Kier molecular flexibility index (Phi) is 4.61. The number of aliphatic hydroxyl groups is 1. The molecule has 0 unspecified atom stereocenters. The van der Waals surface area contributed by atoms with Gasteiger partial charge in [0.25, 0.3) is 0 Å². The van der Waals surface area contributed by atoms with Gasteiger partial charge in [0.1, 0.15) is 0 Å². The van der Waals surface area contributed by atoms with Crippen LogP contribution in [0.3, 0.4) is 0 Å². The van der Waals surface area contributed by atoms with Crippen molar-refractivity contribution in [3.05, 3.63) is 34.9 Å². The molecule has 3 N–H and O–H groups in total. The zero-order chi connectivity index (χ0) is 18.4. The maximum absolute atomic E-state index is 11.6. The first kappa shape index (κ1) is 18.2. The van der Waals surface area contributed by atoms with E-state index in [1.54, 1.807) is 4.90 Å². The van der Waals surface area contributed by atoms with Crippen molar-refractivity contribution in [2.24, 2.45) is 23.0 Å². The van der Waals surface area contributed by atoms with E-state index >= 15 is 0 Å². The first-order chi connectivity index (χ1) is 11.6. The third-order valence-electron chi connectivity index (χ3n) is 6.61. The summed E-state index contributed by atoms with van der Waals surface area (Å²) in [6.07, 6.45) is 4.39. The van der Waals surface area contributed by atoms with Gasteiger partial charge in [0.05, 0.1) is 5.60 Å². The molecule has 25 heavy (non-hydrogen) atoms. The van der Waals surface area contributed by atoms with Gasteiger partial charge in [0, 0.05) is 13.1 Å². The van der Waals surface area contributed by atoms with Crippen molar-refractivity contribution in [1.29, 1.82) is 0 Å². The van der Waals surface area contributed by atoms with Crippen molar-refractivity contribution < 1.29 is 9.90 Å². The lowest BCUT2D eigenvalue weighted by Crippen LogP contribution is -2.47. The second-order valence-corrected chi connectivity index (χ2v) is 8.98. The summed E-state index contributed by atoms with van der Waals surface area (Å²) in [4.78, 5) is 13.1. The molecule has 0 radical (unpaired) electrons. The summed E-state index contributed by atoms with van der Waals surface area (Å²) in [5, 5.41) is 11.6. The number of benzene rings is 1. The molecule has 1 aliphatic heterocycles. The minimum absolute atomic E-state index is 0.125. The second kappa shape index (κ2) is 6.31. The molecule has 0 spiro atoms. The van der Waals surface area contributed by atoms with E-state index in [9.17, 15) is 9.90 Å². The van der Waals surface area contributed by atoms with Gasteiger partial charge >= 0.3 is 6.03 Å². The van der Waals surface area contributed by atoms with Crippen LogP contribution in [-0.2, 0) is 18.6 Å². The Labute approximate surface area is 151 Å². The summed E-state index contributed by atoms with van der Waals surface area (Å²) in [7, 11) is 0. The number of rotatable bonds is 2. The molecular formula is C21H32N2O2. The maximum Gasteiger partial charge on any atom is 0.315 e. The SMILES string of the molecule is C[C@H]1CCCC(C)(C)[C@@H]1[C@](C)(O)c1ccc2c(c1)CCN(C(N)=O)C2. The van der Waals surface area contributed by atoms with Crippen molar-refractivity contribution in [2.75, 3.05) is 6.54 Å². The third kappa shape index (κ3) is 3.29. The molecule has 3 rings (SSSR count). The number of hydrogen-bond donors (Lipinski definition) is 2. The molecule has 1 heterocycles. The van der Waals surface area contributed by atoms with Gasteiger partial charge in [-0.05, 0) is 53.7 Å². The number of urea groups is 1. The quantitative estimate of drug-likeness (QED) is 0.857. The first-order valence-electron chi connectivity index (χ1n) is 9.52. The van der Waals surface area contributed by atoms with Crippen molar-refractivity contribution in [3.8, 4) is 0 Å². The lowest BCUT2D eigenvalue weighted by atomic mass is 9.57. The highest BCUT2D eigenvalue weighted by molar-refractivity contribution is 5.72. The maximum atomic E-state index is 11.6. The van der Waals surface area contributed by atoms with E-state index in [2.05, 4.69) is 32.9 Å². The monoisotopic (exact) mass is 344 g/mol. The van der Waals surface area contributed by atoms with Crippen LogP contribution < -0.4 is 5.73 Å². The molecule has 4 heteroatoms. The number of amides is 2. The fraction of sp³-hybridized carbons (Fsp3) is 0.667. The van der Waals surface area contributed by atoms with Crippen LogP contribution >= 0.6 is 0 Å². The Morgan fingerprint density at radius 2 is 2.08 bits per heavy atom. The highest BCUT2D eigenvalue weighted by Gasteiger charge is 2.48. The van der Waals surface area contributed by atoms with E-state index in [-0.39, 0.29) is 17.4 Å². The molecule has 138 valence electrons. The normalized spacial score (nSPS) is 28.1. The number of nitrogens with zero attached hydrogens (tertiary/aromatic N) is 1. The van der Waals surface area contributed by atoms with E-state index in [0.717, 1.165) is 24.0 Å². The average molecular weight is 344 g/mol. The standard InChI is InChI=1S/C21H32N2O2/c1-14-6-5-10-20(2,3)18(14)21(4,25)17-8-7-16-13-23(19(22)24)11-9-15(16)12-17/h7-8,12,14,18,25H,5-6,9-11,13H2,1-4H3,(H2,22,24)/t14-,18+,21+/m0/s1. The van der Waals surface area contributed by atoms with E-state index < -0.39 is 5.60 Å². The Balaban J connectivity index is 1.92. The van der Waals surface area contributed by atoms with E-state index in [1.807, 2.05) is 13.0 Å². The summed E-state index contributed by atoms with van der Waals surface area (Å²) in [5.74, 6) is 0.734. The predicted molar refractivity (Wildman–Crippen MR) is 100.0 cm³/mol. The summed E-state index contributed by atoms with van der Waals surface area (Å²) >= 11 is 0. The molecule has 0 saturated heterocycles. The molecule has 1 aromatic rings. The molecular weight excluding hydrogens is 312 g/mol. The number of carbonyl (C=O) groups excluding carboxylic acids is 1. The van der Waals surface area contributed by atoms with Crippen LogP contribution in [0.25, 0.3) is 0 Å². The number of fused-ring (bicyclic) bond motifs is 1. The second-order valence-electron chi connectivity index (χ2n) is 8.98. The summed E-state index contributed by atoms with van der Waals surface area (Å²) in [6.45, 7) is 10.1. The van der Waals surface area contributed by atoms with Crippen molar-refractivity contribution >= 4 is 6.03 Å². The topological polar surface area (TPSA) is 66.6 Å². The molecule has 0 aromatic heterocycles. The third-order valence-corrected chi connectivity index (χ3v) is 6.61. The van der Waals surface area contributed by atoms with Gasteiger partial charge in [-0.15, -0.1) is 0 Å². The predicted octanol–water partition coefficient (Wildman–Crippen LogP) is 3.79. The number of carbonyl (C=O) groups is 1. The van der Waals surface area contributed by atoms with Crippen LogP contribution in [0.5, 0.6) is 0 Å². The van der Waals surface area contributed by atoms with Crippen LogP contribution in [0.15, 0.2) is 18.2 Å². The summed E-state index contributed by atoms with van der Waals surface area (Å²) in [5.41, 5.74) is 8.07. The Bertz CT molecular complexity index is 666. The van der Waals surface area contributed by atoms with Gasteiger partial charge in [-0.1, -0.05) is 51.8 Å². The van der Waals surface area contributed by atoms with Gasteiger partial charge in [-0.3, -0.25) is 0 Å². The largest absolute Gasteiger partial charge is 0.385 e. The zero-order valence-corrected chi connectivity index (χ0v) is 16.0. The highest BCUT2D eigenvalue weighted by Crippen LogP contribution is 2.52. The molecule has 2 amide bonds. The van der Waals surface area contributed by atoms with Crippen LogP contribution in [0.1, 0.15) is 63.6 Å². The lowest BCUT2D eigenvalue weighted by molar-refractivity contribution is -0.102. The van der Waals surface area contributed by atoms with Crippen molar-refractivity contribution in [1.82, 2.24) is 4.90 Å². The molecule has 0 bridgehead atoms. The minimum Gasteiger partial charge on any atom is -0.385 e.